The van der Waals surface area contributed by atoms with E-state index in [9.17, 15) is 4.39 Å². The average molecular weight is 312 g/mol. The summed E-state index contributed by atoms with van der Waals surface area (Å²) < 4.78 is 19.5. The Hall–Kier alpha value is -1.29. The number of hydrogen-bond acceptors (Lipinski definition) is 2. The first-order valence-corrected chi connectivity index (χ1v) is 6.97. The molecule has 0 radical (unpaired) electrons. The second-order valence-electron chi connectivity index (χ2n) is 4.73. The summed E-state index contributed by atoms with van der Waals surface area (Å²) in [5, 5.41) is 1.01. The summed E-state index contributed by atoms with van der Waals surface area (Å²) in [7, 11) is 0. The van der Waals surface area contributed by atoms with Crippen molar-refractivity contribution in [3.63, 3.8) is 0 Å². The normalized spacial score (nSPS) is 14.8. The number of ether oxygens (including phenoxy) is 1. The van der Waals surface area contributed by atoms with Gasteiger partial charge >= 0.3 is 0 Å². The van der Waals surface area contributed by atoms with E-state index in [2.05, 4.69) is 0 Å². The molecule has 2 aromatic rings. The van der Waals surface area contributed by atoms with Crippen LogP contribution in [0.2, 0.25) is 10.0 Å². The third kappa shape index (κ3) is 2.37. The highest BCUT2D eigenvalue weighted by molar-refractivity contribution is 6.31. The Morgan fingerprint density at radius 2 is 1.85 bits per heavy atom. The standard InChI is InChI=1S/C15H12Cl2FNO/c16-9-1-2-13(18)11(6-9)14(19)12-7-10(17)5-8-3-4-20-15(8)12/h1-2,5-7,14H,3-4,19H2. The summed E-state index contributed by atoms with van der Waals surface area (Å²) in [6.07, 6.45) is 0.785. The molecule has 0 spiro atoms. The van der Waals surface area contributed by atoms with Crippen molar-refractivity contribution in [3.8, 4) is 5.75 Å². The first-order valence-electron chi connectivity index (χ1n) is 6.22. The van der Waals surface area contributed by atoms with E-state index >= 15 is 0 Å². The van der Waals surface area contributed by atoms with Gasteiger partial charge < -0.3 is 10.5 Å². The summed E-state index contributed by atoms with van der Waals surface area (Å²) in [6.45, 7) is 0.591. The number of halogens is 3. The van der Waals surface area contributed by atoms with Crippen molar-refractivity contribution in [2.75, 3.05) is 6.61 Å². The number of rotatable bonds is 2. The quantitative estimate of drug-likeness (QED) is 0.905. The van der Waals surface area contributed by atoms with Gasteiger partial charge in [-0.05, 0) is 35.9 Å². The van der Waals surface area contributed by atoms with E-state index in [0.29, 0.717) is 33.5 Å². The van der Waals surface area contributed by atoms with Crippen molar-refractivity contribution >= 4 is 23.2 Å². The van der Waals surface area contributed by atoms with E-state index in [1.54, 1.807) is 6.07 Å². The van der Waals surface area contributed by atoms with Crippen LogP contribution in [0.5, 0.6) is 5.75 Å². The Kier molecular flexibility index (Phi) is 3.59. The molecule has 0 bridgehead atoms. The molecule has 2 aromatic carbocycles. The lowest BCUT2D eigenvalue weighted by molar-refractivity contribution is 0.352. The molecule has 5 heteroatoms. The van der Waals surface area contributed by atoms with Crippen molar-refractivity contribution < 1.29 is 9.13 Å². The van der Waals surface area contributed by atoms with Crippen molar-refractivity contribution in [3.05, 3.63) is 62.9 Å². The third-order valence-electron chi connectivity index (χ3n) is 3.41. The molecule has 0 saturated carbocycles. The molecule has 20 heavy (non-hydrogen) atoms. The first kappa shape index (κ1) is 13.7. The Labute approximate surface area is 126 Å². The summed E-state index contributed by atoms with van der Waals surface area (Å²) >= 11 is 12.0. The zero-order valence-corrected chi connectivity index (χ0v) is 12.0. The van der Waals surface area contributed by atoms with Gasteiger partial charge in [0.1, 0.15) is 11.6 Å². The van der Waals surface area contributed by atoms with E-state index in [1.807, 2.05) is 6.07 Å². The Balaban J connectivity index is 2.11. The molecular weight excluding hydrogens is 300 g/mol. The van der Waals surface area contributed by atoms with Crippen LogP contribution in [0, 0.1) is 5.82 Å². The predicted octanol–water partition coefficient (Wildman–Crippen LogP) is 4.12. The number of benzene rings is 2. The number of nitrogens with two attached hydrogens (primary N) is 1. The highest BCUT2D eigenvalue weighted by atomic mass is 35.5. The van der Waals surface area contributed by atoms with Gasteiger partial charge in [-0.15, -0.1) is 0 Å². The maximum Gasteiger partial charge on any atom is 0.128 e. The lowest BCUT2D eigenvalue weighted by atomic mass is 9.96. The van der Waals surface area contributed by atoms with Gasteiger partial charge in [0.25, 0.3) is 0 Å². The van der Waals surface area contributed by atoms with E-state index in [1.165, 1.54) is 18.2 Å². The fourth-order valence-electron chi connectivity index (χ4n) is 2.45. The topological polar surface area (TPSA) is 35.2 Å². The van der Waals surface area contributed by atoms with Gasteiger partial charge in [-0.1, -0.05) is 23.2 Å². The van der Waals surface area contributed by atoms with Crippen LogP contribution < -0.4 is 10.5 Å². The summed E-state index contributed by atoms with van der Waals surface area (Å²) in [6, 6.07) is 7.24. The number of hydrogen-bond donors (Lipinski definition) is 1. The third-order valence-corrected chi connectivity index (χ3v) is 3.86. The Morgan fingerprint density at radius 3 is 2.65 bits per heavy atom. The maximum absolute atomic E-state index is 13.9. The SMILES string of the molecule is NC(c1cc(Cl)ccc1F)c1cc(Cl)cc2c1OCC2. The average Bonchev–Trinajstić information content (AvgIpc) is 2.87. The van der Waals surface area contributed by atoms with Gasteiger partial charge in [-0.3, -0.25) is 0 Å². The predicted molar refractivity (Wildman–Crippen MR) is 78.1 cm³/mol. The molecule has 1 aliphatic heterocycles. The summed E-state index contributed by atoms with van der Waals surface area (Å²) in [5.74, 6) is 0.315. The highest BCUT2D eigenvalue weighted by Crippen LogP contribution is 2.38. The molecule has 0 fully saturated rings. The van der Waals surface area contributed by atoms with Crippen molar-refractivity contribution in [2.45, 2.75) is 12.5 Å². The summed E-state index contributed by atoms with van der Waals surface area (Å²) in [4.78, 5) is 0. The molecule has 2 N–H and O–H groups in total. The van der Waals surface area contributed by atoms with Gasteiger partial charge in [0, 0.05) is 27.6 Å². The fourth-order valence-corrected chi connectivity index (χ4v) is 2.88. The highest BCUT2D eigenvalue weighted by Gasteiger charge is 2.24. The fraction of sp³-hybridized carbons (Fsp3) is 0.200. The zero-order chi connectivity index (χ0) is 14.3. The van der Waals surface area contributed by atoms with E-state index < -0.39 is 11.9 Å². The monoisotopic (exact) mass is 311 g/mol. The Bertz CT molecular complexity index is 675. The largest absolute Gasteiger partial charge is 0.493 e. The zero-order valence-electron chi connectivity index (χ0n) is 10.5. The van der Waals surface area contributed by atoms with E-state index in [4.69, 9.17) is 33.7 Å². The van der Waals surface area contributed by atoms with Gasteiger partial charge in [-0.25, -0.2) is 4.39 Å². The van der Waals surface area contributed by atoms with Crippen LogP contribution in [-0.4, -0.2) is 6.61 Å². The smallest absolute Gasteiger partial charge is 0.128 e. The van der Waals surface area contributed by atoms with Crippen molar-refractivity contribution in [1.29, 1.82) is 0 Å². The molecule has 1 atom stereocenters. The summed E-state index contributed by atoms with van der Waals surface area (Å²) in [5.41, 5.74) is 8.21. The van der Waals surface area contributed by atoms with Crippen LogP contribution in [0.4, 0.5) is 4.39 Å². The molecule has 104 valence electrons. The molecule has 0 saturated heterocycles. The van der Waals surface area contributed by atoms with Crippen LogP contribution in [0.1, 0.15) is 22.7 Å². The van der Waals surface area contributed by atoms with Gasteiger partial charge in [0.2, 0.25) is 0 Å². The van der Waals surface area contributed by atoms with Gasteiger partial charge in [-0.2, -0.15) is 0 Å². The lowest BCUT2D eigenvalue weighted by Gasteiger charge is -2.17. The second kappa shape index (κ2) is 5.24. The van der Waals surface area contributed by atoms with Gasteiger partial charge in [0.05, 0.1) is 12.6 Å². The molecule has 2 nitrogen and oxygen atoms in total. The van der Waals surface area contributed by atoms with Crippen molar-refractivity contribution in [2.24, 2.45) is 5.73 Å². The van der Waals surface area contributed by atoms with Crippen LogP contribution >= 0.6 is 23.2 Å². The van der Waals surface area contributed by atoms with Gasteiger partial charge in [0.15, 0.2) is 0 Å². The second-order valence-corrected chi connectivity index (χ2v) is 5.60. The van der Waals surface area contributed by atoms with Crippen LogP contribution in [0.25, 0.3) is 0 Å². The minimum absolute atomic E-state index is 0.331. The van der Waals surface area contributed by atoms with Crippen LogP contribution in [0.3, 0.4) is 0 Å². The molecule has 1 heterocycles. The molecule has 0 aromatic heterocycles. The molecule has 1 unspecified atom stereocenters. The van der Waals surface area contributed by atoms with E-state index in [-0.39, 0.29) is 0 Å². The molecule has 0 amide bonds. The van der Waals surface area contributed by atoms with Crippen LogP contribution in [-0.2, 0) is 6.42 Å². The van der Waals surface area contributed by atoms with Crippen LogP contribution in [0.15, 0.2) is 30.3 Å². The molecular formula is C15H12Cl2FNO. The minimum atomic E-state index is -0.667. The molecule has 1 aliphatic rings. The Morgan fingerprint density at radius 1 is 1.10 bits per heavy atom. The number of fused-ring (bicyclic) bond motifs is 1. The molecule has 3 rings (SSSR count). The first-order chi connectivity index (χ1) is 9.56. The van der Waals surface area contributed by atoms with E-state index in [0.717, 1.165) is 12.0 Å². The minimum Gasteiger partial charge on any atom is -0.493 e. The van der Waals surface area contributed by atoms with Crippen molar-refractivity contribution in [1.82, 2.24) is 0 Å². The lowest BCUT2D eigenvalue weighted by Crippen LogP contribution is -2.14. The molecule has 0 aliphatic carbocycles. The maximum atomic E-state index is 13.9.